The summed E-state index contributed by atoms with van der Waals surface area (Å²) in [6.45, 7) is 5.69. The van der Waals surface area contributed by atoms with Crippen molar-refractivity contribution in [1.29, 1.82) is 0 Å². The van der Waals surface area contributed by atoms with Crippen molar-refractivity contribution in [3.05, 3.63) is 70.7 Å². The van der Waals surface area contributed by atoms with Gasteiger partial charge in [-0.25, -0.2) is 4.39 Å². The quantitative estimate of drug-likeness (QED) is 0.493. The summed E-state index contributed by atoms with van der Waals surface area (Å²) in [7, 11) is 0. The van der Waals surface area contributed by atoms with E-state index in [0.717, 1.165) is 6.54 Å². The maximum Gasteiger partial charge on any atom is 0.164 e. The highest BCUT2D eigenvalue weighted by molar-refractivity contribution is 7.08. The topological polar surface area (TPSA) is 30.5 Å². The maximum absolute atomic E-state index is 13.5. The van der Waals surface area contributed by atoms with Crippen LogP contribution in [-0.2, 0) is 6.54 Å². The summed E-state index contributed by atoms with van der Waals surface area (Å²) in [5.74, 6) is 0.666. The van der Waals surface area contributed by atoms with Gasteiger partial charge in [0.1, 0.15) is 12.4 Å². The Morgan fingerprint density at radius 2 is 1.93 bits per heavy atom. The molecule has 0 amide bonds. The monoisotopic (exact) mass is 385 g/mol. The minimum Gasteiger partial charge on any atom is -0.488 e. The van der Waals surface area contributed by atoms with Gasteiger partial charge in [-0.1, -0.05) is 18.2 Å². The maximum atomic E-state index is 13.5. The molecule has 3 nitrogen and oxygen atoms in total. The largest absolute Gasteiger partial charge is 0.488 e. The van der Waals surface area contributed by atoms with E-state index in [1.807, 2.05) is 13.8 Å². The van der Waals surface area contributed by atoms with Crippen molar-refractivity contribution in [3.63, 3.8) is 0 Å². The molecule has 1 N–H and O–H groups in total. The third kappa shape index (κ3) is 5.81. The fourth-order valence-corrected chi connectivity index (χ4v) is 3.37. The molecule has 1 aromatic heterocycles. The van der Waals surface area contributed by atoms with Crippen LogP contribution < -0.4 is 14.8 Å². The fourth-order valence-electron chi connectivity index (χ4n) is 2.70. The first-order valence-corrected chi connectivity index (χ1v) is 9.97. The van der Waals surface area contributed by atoms with Gasteiger partial charge in [0.25, 0.3) is 0 Å². The SMILES string of the molecule is CC(C)Oc1ccc(F)cc1OCCNCc1cccc(-c2ccsc2)c1. The molecule has 0 fully saturated rings. The van der Waals surface area contributed by atoms with Crippen molar-refractivity contribution in [2.45, 2.75) is 26.5 Å². The Morgan fingerprint density at radius 3 is 2.70 bits per heavy atom. The number of nitrogens with one attached hydrogen (secondary N) is 1. The minimum absolute atomic E-state index is 0.00596. The van der Waals surface area contributed by atoms with Crippen LogP contribution >= 0.6 is 11.3 Å². The van der Waals surface area contributed by atoms with Crippen LogP contribution in [0.3, 0.4) is 0 Å². The molecule has 3 rings (SSSR count). The molecule has 0 aliphatic carbocycles. The van der Waals surface area contributed by atoms with Gasteiger partial charge in [-0.05, 0) is 65.6 Å². The van der Waals surface area contributed by atoms with Gasteiger partial charge in [-0.2, -0.15) is 11.3 Å². The van der Waals surface area contributed by atoms with Gasteiger partial charge in [0.2, 0.25) is 0 Å². The lowest BCUT2D eigenvalue weighted by Crippen LogP contribution is -2.21. The van der Waals surface area contributed by atoms with E-state index in [0.29, 0.717) is 24.7 Å². The van der Waals surface area contributed by atoms with Crippen LogP contribution in [0.25, 0.3) is 11.1 Å². The van der Waals surface area contributed by atoms with Gasteiger partial charge < -0.3 is 14.8 Å². The number of hydrogen-bond acceptors (Lipinski definition) is 4. The highest BCUT2D eigenvalue weighted by atomic mass is 32.1. The second kappa shape index (κ2) is 9.53. The molecular weight excluding hydrogens is 361 g/mol. The number of hydrogen-bond donors (Lipinski definition) is 1. The van der Waals surface area contributed by atoms with Crippen molar-refractivity contribution in [2.75, 3.05) is 13.2 Å². The van der Waals surface area contributed by atoms with E-state index in [9.17, 15) is 4.39 Å². The Labute approximate surface area is 163 Å². The molecule has 0 radical (unpaired) electrons. The van der Waals surface area contributed by atoms with Crippen LogP contribution in [0.4, 0.5) is 4.39 Å². The number of thiophene rings is 1. The zero-order valence-corrected chi connectivity index (χ0v) is 16.4. The van der Waals surface area contributed by atoms with Gasteiger partial charge in [-0.3, -0.25) is 0 Å². The fraction of sp³-hybridized carbons (Fsp3) is 0.273. The van der Waals surface area contributed by atoms with E-state index in [-0.39, 0.29) is 11.9 Å². The average molecular weight is 386 g/mol. The summed E-state index contributed by atoms with van der Waals surface area (Å²) in [6, 6.07) is 15.0. The summed E-state index contributed by atoms with van der Waals surface area (Å²) < 4.78 is 24.9. The van der Waals surface area contributed by atoms with E-state index >= 15 is 0 Å². The van der Waals surface area contributed by atoms with Crippen LogP contribution in [0.15, 0.2) is 59.3 Å². The number of ether oxygens (including phenoxy) is 2. The van der Waals surface area contributed by atoms with Crippen molar-refractivity contribution < 1.29 is 13.9 Å². The molecule has 0 atom stereocenters. The number of rotatable bonds is 9. The lowest BCUT2D eigenvalue weighted by molar-refractivity contribution is 0.220. The molecule has 1 heterocycles. The van der Waals surface area contributed by atoms with E-state index < -0.39 is 0 Å². The Balaban J connectivity index is 1.49. The van der Waals surface area contributed by atoms with Crippen LogP contribution in [0.1, 0.15) is 19.4 Å². The number of halogens is 1. The van der Waals surface area contributed by atoms with E-state index in [2.05, 4.69) is 46.4 Å². The first-order valence-electron chi connectivity index (χ1n) is 9.03. The summed E-state index contributed by atoms with van der Waals surface area (Å²) in [4.78, 5) is 0. The van der Waals surface area contributed by atoms with Crippen LogP contribution in [0, 0.1) is 5.82 Å². The molecule has 0 unspecified atom stereocenters. The Hall–Kier alpha value is -2.37. The Morgan fingerprint density at radius 1 is 1.04 bits per heavy atom. The van der Waals surface area contributed by atoms with Crippen molar-refractivity contribution >= 4 is 11.3 Å². The van der Waals surface area contributed by atoms with Gasteiger partial charge in [0.05, 0.1) is 6.10 Å². The van der Waals surface area contributed by atoms with Crippen LogP contribution in [0.2, 0.25) is 0 Å². The highest BCUT2D eigenvalue weighted by Gasteiger charge is 2.08. The smallest absolute Gasteiger partial charge is 0.164 e. The molecule has 142 valence electrons. The third-order valence-electron chi connectivity index (χ3n) is 3.92. The summed E-state index contributed by atoms with van der Waals surface area (Å²) in [6.07, 6.45) is 0.00596. The van der Waals surface area contributed by atoms with Gasteiger partial charge in [-0.15, -0.1) is 0 Å². The zero-order chi connectivity index (χ0) is 19.1. The second-order valence-corrected chi connectivity index (χ2v) is 7.28. The van der Waals surface area contributed by atoms with E-state index in [1.54, 1.807) is 17.4 Å². The number of benzene rings is 2. The second-order valence-electron chi connectivity index (χ2n) is 6.50. The molecule has 5 heteroatoms. The molecule has 0 spiro atoms. The minimum atomic E-state index is -0.334. The average Bonchev–Trinajstić information content (AvgIpc) is 3.18. The summed E-state index contributed by atoms with van der Waals surface area (Å²) in [5.41, 5.74) is 3.68. The van der Waals surface area contributed by atoms with E-state index in [1.165, 1.54) is 28.8 Å². The molecule has 0 bridgehead atoms. The first kappa shape index (κ1) is 19.4. The third-order valence-corrected chi connectivity index (χ3v) is 4.60. The lowest BCUT2D eigenvalue weighted by Gasteiger charge is -2.15. The lowest BCUT2D eigenvalue weighted by atomic mass is 10.1. The van der Waals surface area contributed by atoms with Gasteiger partial charge in [0, 0.05) is 19.2 Å². The Kier molecular flexibility index (Phi) is 6.85. The zero-order valence-electron chi connectivity index (χ0n) is 15.6. The summed E-state index contributed by atoms with van der Waals surface area (Å²) in [5, 5.41) is 7.60. The predicted molar refractivity (Wildman–Crippen MR) is 109 cm³/mol. The van der Waals surface area contributed by atoms with Crippen molar-refractivity contribution in [2.24, 2.45) is 0 Å². The molecule has 0 aliphatic rings. The van der Waals surface area contributed by atoms with E-state index in [4.69, 9.17) is 9.47 Å². The van der Waals surface area contributed by atoms with Crippen molar-refractivity contribution in [3.8, 4) is 22.6 Å². The standard InChI is InChI=1S/C22H24FNO2S/c1-16(2)26-21-7-6-20(23)13-22(21)25-10-9-24-14-17-4-3-5-18(12-17)19-8-11-27-15-19/h3-8,11-13,15-16,24H,9-10,14H2,1-2H3. The molecule has 3 aromatic rings. The van der Waals surface area contributed by atoms with Gasteiger partial charge >= 0.3 is 0 Å². The van der Waals surface area contributed by atoms with Crippen LogP contribution in [0.5, 0.6) is 11.5 Å². The molecule has 2 aromatic carbocycles. The van der Waals surface area contributed by atoms with Crippen LogP contribution in [-0.4, -0.2) is 19.3 Å². The predicted octanol–water partition coefficient (Wildman–Crippen LogP) is 5.51. The molecule has 0 aliphatic heterocycles. The van der Waals surface area contributed by atoms with Gasteiger partial charge in [0.15, 0.2) is 11.5 Å². The first-order chi connectivity index (χ1) is 13.1. The molecule has 27 heavy (non-hydrogen) atoms. The normalized spacial score (nSPS) is 11.0. The highest BCUT2D eigenvalue weighted by Crippen LogP contribution is 2.28. The molecule has 0 saturated carbocycles. The molecule has 0 saturated heterocycles. The molecular formula is C22H24FNO2S. The van der Waals surface area contributed by atoms with Crippen molar-refractivity contribution in [1.82, 2.24) is 5.32 Å². The summed E-state index contributed by atoms with van der Waals surface area (Å²) >= 11 is 1.70. The Bertz CT molecular complexity index is 849.